The fourth-order valence-corrected chi connectivity index (χ4v) is 2.41. The van der Waals surface area contributed by atoms with E-state index in [2.05, 4.69) is 22.4 Å². The molecule has 136 valence electrons. The van der Waals surface area contributed by atoms with Crippen LogP contribution in [-0.4, -0.2) is 20.9 Å². The van der Waals surface area contributed by atoms with E-state index in [1.54, 1.807) is 35.1 Å². The number of aryl methyl sites for hydroxylation is 1. The number of benzene rings is 2. The number of rotatable bonds is 4. The van der Waals surface area contributed by atoms with Crippen molar-refractivity contribution in [3.05, 3.63) is 71.4 Å². The SMILES string of the molecule is Cn1ncc2c(C#Cc3ccc(O/C(NN)=C(/N)C(=O)O)cc3)cccc21. The van der Waals surface area contributed by atoms with Gasteiger partial charge >= 0.3 is 5.97 Å². The molecule has 8 nitrogen and oxygen atoms in total. The summed E-state index contributed by atoms with van der Waals surface area (Å²) in [6.45, 7) is 0. The molecule has 0 aliphatic heterocycles. The number of carboxylic acids is 1. The van der Waals surface area contributed by atoms with Crippen molar-refractivity contribution >= 4 is 16.9 Å². The van der Waals surface area contributed by atoms with Crippen molar-refractivity contribution in [2.24, 2.45) is 18.6 Å². The highest BCUT2D eigenvalue weighted by Gasteiger charge is 2.12. The van der Waals surface area contributed by atoms with Crippen molar-refractivity contribution in [2.75, 3.05) is 0 Å². The van der Waals surface area contributed by atoms with E-state index in [0.717, 1.165) is 22.0 Å². The number of aromatic nitrogens is 2. The highest BCUT2D eigenvalue weighted by molar-refractivity contribution is 5.86. The average Bonchev–Trinajstić information content (AvgIpc) is 3.06. The zero-order chi connectivity index (χ0) is 19.4. The van der Waals surface area contributed by atoms with E-state index in [1.807, 2.05) is 25.2 Å². The second-order valence-corrected chi connectivity index (χ2v) is 5.58. The number of nitrogens with zero attached hydrogens (tertiary/aromatic N) is 2. The molecule has 0 radical (unpaired) electrons. The molecule has 0 fully saturated rings. The number of nitrogens with two attached hydrogens (primary N) is 2. The largest absolute Gasteiger partial charge is 0.476 e. The molecule has 0 aliphatic rings. The van der Waals surface area contributed by atoms with Gasteiger partial charge in [-0.3, -0.25) is 10.1 Å². The lowest BCUT2D eigenvalue weighted by Gasteiger charge is -2.10. The number of hydrogen-bond acceptors (Lipinski definition) is 6. The van der Waals surface area contributed by atoms with Crippen LogP contribution in [-0.2, 0) is 11.8 Å². The first-order valence-corrected chi connectivity index (χ1v) is 7.90. The molecule has 1 aromatic heterocycles. The minimum atomic E-state index is -1.34. The molecular formula is C19H17N5O3. The minimum Gasteiger partial charge on any atom is -0.476 e. The number of hydrazine groups is 1. The fraction of sp³-hybridized carbons (Fsp3) is 0.0526. The summed E-state index contributed by atoms with van der Waals surface area (Å²) in [5.74, 6) is 10.2. The Morgan fingerprint density at radius 2 is 1.96 bits per heavy atom. The molecule has 3 rings (SSSR count). The van der Waals surface area contributed by atoms with E-state index < -0.39 is 11.7 Å². The van der Waals surface area contributed by atoms with Gasteiger partial charge in [-0.05, 0) is 36.4 Å². The highest BCUT2D eigenvalue weighted by atomic mass is 16.5. The molecule has 0 bridgehead atoms. The molecule has 0 saturated carbocycles. The monoisotopic (exact) mass is 363 g/mol. The van der Waals surface area contributed by atoms with Gasteiger partial charge in [-0.2, -0.15) is 5.10 Å². The Bertz CT molecular complexity index is 1090. The second kappa shape index (κ2) is 7.51. The van der Waals surface area contributed by atoms with Crippen LogP contribution in [0.25, 0.3) is 10.9 Å². The highest BCUT2D eigenvalue weighted by Crippen LogP contribution is 2.18. The van der Waals surface area contributed by atoms with Crippen molar-refractivity contribution in [3.8, 4) is 17.6 Å². The van der Waals surface area contributed by atoms with Crippen molar-refractivity contribution < 1.29 is 14.6 Å². The van der Waals surface area contributed by atoms with E-state index in [1.165, 1.54) is 0 Å². The Hall–Kier alpha value is -3.96. The lowest BCUT2D eigenvalue weighted by Crippen LogP contribution is -2.31. The number of nitrogens with one attached hydrogen (secondary N) is 1. The van der Waals surface area contributed by atoms with E-state index in [-0.39, 0.29) is 5.88 Å². The predicted molar refractivity (Wildman–Crippen MR) is 99.9 cm³/mol. The van der Waals surface area contributed by atoms with Crippen molar-refractivity contribution in [1.82, 2.24) is 15.2 Å². The molecule has 0 unspecified atom stereocenters. The first-order valence-electron chi connectivity index (χ1n) is 7.90. The van der Waals surface area contributed by atoms with Gasteiger partial charge in [0, 0.05) is 23.6 Å². The van der Waals surface area contributed by atoms with Gasteiger partial charge in [0.05, 0.1) is 11.7 Å². The van der Waals surface area contributed by atoms with Crippen molar-refractivity contribution in [1.29, 1.82) is 0 Å². The maximum absolute atomic E-state index is 10.9. The maximum Gasteiger partial charge on any atom is 0.357 e. The van der Waals surface area contributed by atoms with Crippen LogP contribution in [0.15, 0.2) is 60.2 Å². The summed E-state index contributed by atoms with van der Waals surface area (Å²) in [4.78, 5) is 10.9. The van der Waals surface area contributed by atoms with Crippen LogP contribution in [0.2, 0.25) is 0 Å². The third kappa shape index (κ3) is 3.84. The van der Waals surface area contributed by atoms with Gasteiger partial charge in [-0.15, -0.1) is 0 Å². The quantitative estimate of drug-likeness (QED) is 0.179. The van der Waals surface area contributed by atoms with Crippen LogP contribution >= 0.6 is 0 Å². The van der Waals surface area contributed by atoms with Crippen LogP contribution in [0.1, 0.15) is 11.1 Å². The Balaban J connectivity index is 1.82. The Morgan fingerprint density at radius 3 is 2.63 bits per heavy atom. The fourth-order valence-electron chi connectivity index (χ4n) is 2.41. The molecule has 27 heavy (non-hydrogen) atoms. The molecule has 1 heterocycles. The first-order chi connectivity index (χ1) is 13.0. The van der Waals surface area contributed by atoms with Crippen molar-refractivity contribution in [3.63, 3.8) is 0 Å². The molecule has 8 heteroatoms. The van der Waals surface area contributed by atoms with Gasteiger partial charge < -0.3 is 15.6 Å². The summed E-state index contributed by atoms with van der Waals surface area (Å²) < 4.78 is 7.14. The van der Waals surface area contributed by atoms with E-state index in [4.69, 9.17) is 21.4 Å². The molecule has 0 aliphatic carbocycles. The van der Waals surface area contributed by atoms with Crippen LogP contribution < -0.4 is 21.7 Å². The Labute approximate surface area is 155 Å². The molecule has 0 atom stereocenters. The standard InChI is InChI=1S/C19H17N5O3/c1-24-16-4-2-3-13(15(16)11-22-24)8-5-12-6-9-14(10-7-12)27-18(23-21)17(20)19(25)26/h2-4,6-7,9-11,23H,20-21H2,1H3,(H,25,26)/b18-17+. The number of fused-ring (bicyclic) bond motifs is 1. The zero-order valence-electron chi connectivity index (χ0n) is 14.4. The van der Waals surface area contributed by atoms with Crippen LogP contribution in [0.4, 0.5) is 0 Å². The van der Waals surface area contributed by atoms with E-state index in [9.17, 15) is 4.79 Å². The number of aliphatic carboxylic acids is 1. The average molecular weight is 363 g/mol. The van der Waals surface area contributed by atoms with Gasteiger partial charge in [-0.1, -0.05) is 17.9 Å². The third-order valence-corrected chi connectivity index (χ3v) is 3.81. The van der Waals surface area contributed by atoms with Gasteiger partial charge in [-0.25, -0.2) is 10.6 Å². The number of carboxylic acid groups (broad SMARTS) is 1. The summed E-state index contributed by atoms with van der Waals surface area (Å²) >= 11 is 0. The molecule has 0 amide bonds. The predicted octanol–water partition coefficient (Wildman–Crippen LogP) is 1.03. The van der Waals surface area contributed by atoms with Gasteiger partial charge in [0.15, 0.2) is 5.70 Å². The van der Waals surface area contributed by atoms with E-state index in [0.29, 0.717) is 5.75 Å². The molecule has 0 spiro atoms. The van der Waals surface area contributed by atoms with Crippen LogP contribution in [0.3, 0.4) is 0 Å². The van der Waals surface area contributed by atoms with Gasteiger partial charge in [0.2, 0.25) is 5.88 Å². The molecule has 6 N–H and O–H groups in total. The zero-order valence-corrected chi connectivity index (χ0v) is 14.4. The normalized spacial score (nSPS) is 11.3. The Kier molecular flexibility index (Phi) is 4.97. The van der Waals surface area contributed by atoms with E-state index >= 15 is 0 Å². The van der Waals surface area contributed by atoms with Crippen LogP contribution in [0.5, 0.6) is 5.75 Å². The molecular weight excluding hydrogens is 346 g/mol. The molecule has 2 aromatic carbocycles. The van der Waals surface area contributed by atoms with Gasteiger partial charge in [0.1, 0.15) is 5.75 Å². The number of carbonyl (C=O) groups is 1. The number of ether oxygens (including phenoxy) is 1. The van der Waals surface area contributed by atoms with Crippen molar-refractivity contribution in [2.45, 2.75) is 0 Å². The summed E-state index contributed by atoms with van der Waals surface area (Å²) in [6.07, 6.45) is 1.79. The smallest absolute Gasteiger partial charge is 0.357 e. The minimum absolute atomic E-state index is 0.246. The number of hydrogen-bond donors (Lipinski definition) is 4. The Morgan fingerprint density at radius 1 is 1.22 bits per heavy atom. The lowest BCUT2D eigenvalue weighted by atomic mass is 10.1. The topological polar surface area (TPSA) is 128 Å². The summed E-state index contributed by atoms with van der Waals surface area (Å²) in [6, 6.07) is 12.6. The molecule has 3 aromatic rings. The lowest BCUT2D eigenvalue weighted by molar-refractivity contribution is -0.132. The summed E-state index contributed by atoms with van der Waals surface area (Å²) in [5.41, 5.74) is 9.65. The first kappa shape index (κ1) is 17.8. The summed E-state index contributed by atoms with van der Waals surface area (Å²) in [7, 11) is 1.88. The van der Waals surface area contributed by atoms with Gasteiger partial charge in [0.25, 0.3) is 0 Å². The second-order valence-electron chi connectivity index (χ2n) is 5.58. The van der Waals surface area contributed by atoms with Crippen LogP contribution in [0, 0.1) is 11.8 Å². The third-order valence-electron chi connectivity index (χ3n) is 3.81. The summed E-state index contributed by atoms with van der Waals surface area (Å²) in [5, 5.41) is 14.1. The maximum atomic E-state index is 10.9. The molecule has 0 saturated heterocycles.